The highest BCUT2D eigenvalue weighted by molar-refractivity contribution is 5.84. The van der Waals surface area contributed by atoms with E-state index in [9.17, 15) is 13.6 Å². The van der Waals surface area contributed by atoms with E-state index in [4.69, 9.17) is 4.74 Å². The van der Waals surface area contributed by atoms with Crippen LogP contribution in [-0.4, -0.2) is 46.6 Å². The maximum absolute atomic E-state index is 13.9. The predicted octanol–water partition coefficient (Wildman–Crippen LogP) is 4.30. The summed E-state index contributed by atoms with van der Waals surface area (Å²) in [7, 11) is 1.67. The molecular weight excluding hydrogens is 426 g/mol. The zero-order valence-corrected chi connectivity index (χ0v) is 19.2. The van der Waals surface area contributed by atoms with E-state index in [1.54, 1.807) is 11.7 Å². The fourth-order valence-corrected chi connectivity index (χ4v) is 4.55. The van der Waals surface area contributed by atoms with Crippen molar-refractivity contribution in [3.05, 3.63) is 59.9 Å². The van der Waals surface area contributed by atoms with E-state index in [1.807, 2.05) is 32.0 Å². The van der Waals surface area contributed by atoms with Crippen LogP contribution in [0.2, 0.25) is 0 Å². The van der Waals surface area contributed by atoms with Crippen molar-refractivity contribution in [2.24, 2.45) is 5.92 Å². The van der Waals surface area contributed by atoms with E-state index >= 15 is 0 Å². The highest BCUT2D eigenvalue weighted by Gasteiger charge is 2.29. The summed E-state index contributed by atoms with van der Waals surface area (Å²) in [6.07, 6.45) is 3.20. The van der Waals surface area contributed by atoms with Crippen LogP contribution in [0.5, 0.6) is 5.75 Å². The summed E-state index contributed by atoms with van der Waals surface area (Å²) in [4.78, 5) is 19.8. The Balaban J connectivity index is 1.39. The minimum Gasteiger partial charge on any atom is -0.497 e. The van der Waals surface area contributed by atoms with E-state index in [0.29, 0.717) is 11.0 Å². The van der Waals surface area contributed by atoms with Gasteiger partial charge in [0, 0.05) is 37.8 Å². The lowest BCUT2D eigenvalue weighted by Crippen LogP contribution is -2.47. The number of likely N-dealkylation sites (tertiary alicyclic amines) is 1. The van der Waals surface area contributed by atoms with Gasteiger partial charge in [0.2, 0.25) is 5.91 Å². The third kappa shape index (κ3) is 5.16. The third-order valence-corrected chi connectivity index (χ3v) is 6.29. The Morgan fingerprint density at radius 3 is 2.61 bits per heavy atom. The molecule has 0 saturated carbocycles. The van der Waals surface area contributed by atoms with E-state index in [0.717, 1.165) is 50.4 Å². The fraction of sp³-hybridized carbons (Fsp3) is 0.440. The molecule has 1 aliphatic heterocycles. The first-order chi connectivity index (χ1) is 15.9. The Hall–Kier alpha value is -3.00. The second-order valence-electron chi connectivity index (χ2n) is 9.01. The number of imidazole rings is 1. The van der Waals surface area contributed by atoms with E-state index in [2.05, 4.69) is 21.3 Å². The van der Waals surface area contributed by atoms with Gasteiger partial charge >= 0.3 is 0 Å². The van der Waals surface area contributed by atoms with Crippen LogP contribution < -0.4 is 10.1 Å². The zero-order chi connectivity index (χ0) is 23.5. The summed E-state index contributed by atoms with van der Waals surface area (Å²) in [5, 5.41) is 3.18. The maximum atomic E-state index is 13.9. The van der Waals surface area contributed by atoms with Gasteiger partial charge in [0.1, 0.15) is 11.8 Å². The van der Waals surface area contributed by atoms with Crippen molar-refractivity contribution in [3.63, 3.8) is 0 Å². The van der Waals surface area contributed by atoms with Gasteiger partial charge in [0.25, 0.3) is 0 Å². The number of benzene rings is 2. The molecule has 0 spiro atoms. The topological polar surface area (TPSA) is 59.4 Å². The molecule has 1 aromatic heterocycles. The summed E-state index contributed by atoms with van der Waals surface area (Å²) >= 11 is 0. The Labute approximate surface area is 192 Å². The molecule has 0 aliphatic carbocycles. The first-order valence-corrected chi connectivity index (χ1v) is 11.3. The van der Waals surface area contributed by atoms with E-state index in [-0.39, 0.29) is 17.9 Å². The Morgan fingerprint density at radius 2 is 1.91 bits per heavy atom. The van der Waals surface area contributed by atoms with E-state index in [1.165, 1.54) is 11.9 Å². The molecule has 1 N–H and O–H groups in total. The first-order valence-electron chi connectivity index (χ1n) is 11.3. The largest absolute Gasteiger partial charge is 0.497 e. The molecule has 1 unspecified atom stereocenters. The molecule has 1 fully saturated rings. The minimum absolute atomic E-state index is 0.0522. The number of hydrogen-bond donors (Lipinski definition) is 1. The van der Waals surface area contributed by atoms with Gasteiger partial charge < -0.3 is 14.6 Å². The molecule has 0 radical (unpaired) electrons. The summed E-state index contributed by atoms with van der Waals surface area (Å²) in [5.74, 6) is -1.22. The number of piperidine rings is 1. The van der Waals surface area contributed by atoms with Crippen LogP contribution in [0.3, 0.4) is 0 Å². The number of hydrogen-bond acceptors (Lipinski definition) is 4. The van der Waals surface area contributed by atoms with Crippen molar-refractivity contribution >= 4 is 16.9 Å². The number of nitrogens with zero attached hydrogens (tertiary/aromatic N) is 3. The normalized spacial score (nSPS) is 16.3. The number of amides is 1. The van der Waals surface area contributed by atoms with Gasteiger partial charge in [-0.1, -0.05) is 26.0 Å². The van der Waals surface area contributed by atoms with Gasteiger partial charge in [-0.3, -0.25) is 9.69 Å². The van der Waals surface area contributed by atoms with Gasteiger partial charge in [0.15, 0.2) is 11.6 Å². The molecule has 2 heterocycles. The molecule has 1 saturated heterocycles. The van der Waals surface area contributed by atoms with Crippen LogP contribution in [0.15, 0.2) is 42.7 Å². The lowest BCUT2D eigenvalue weighted by Gasteiger charge is -2.33. The number of ether oxygens (including phenoxy) is 1. The second kappa shape index (κ2) is 9.87. The number of methoxy groups -OCH3 is 1. The summed E-state index contributed by atoms with van der Waals surface area (Å²) in [5.41, 5.74) is 1.95. The van der Waals surface area contributed by atoms with E-state index < -0.39 is 17.7 Å². The lowest BCUT2D eigenvalue weighted by molar-refractivity contribution is -0.126. The lowest BCUT2D eigenvalue weighted by atomic mass is 10.00. The molecule has 0 bridgehead atoms. The van der Waals surface area contributed by atoms with Crippen LogP contribution in [0.4, 0.5) is 8.78 Å². The van der Waals surface area contributed by atoms with Gasteiger partial charge in [-0.15, -0.1) is 0 Å². The monoisotopic (exact) mass is 456 g/mol. The molecular formula is C25H30F2N4O2. The predicted molar refractivity (Wildman–Crippen MR) is 123 cm³/mol. The molecule has 1 amide bonds. The van der Waals surface area contributed by atoms with Gasteiger partial charge in [-0.25, -0.2) is 13.8 Å². The number of halogens is 2. The van der Waals surface area contributed by atoms with Gasteiger partial charge in [0.05, 0.1) is 24.5 Å². The summed E-state index contributed by atoms with van der Waals surface area (Å²) in [6.45, 7) is 6.48. The van der Waals surface area contributed by atoms with Crippen molar-refractivity contribution in [1.29, 1.82) is 0 Å². The standard InChI is InChI=1S/C25H30F2N4O2/c1-16(2)24(31-15-28-22-12-20(26)21(27)13-23(22)31)25(32)29-18-7-9-30(10-8-18)14-17-5-4-6-19(11-17)33-3/h4-6,11-13,15-16,18,24H,7-10,14H2,1-3H3,(H,29,32). The van der Waals surface area contributed by atoms with Crippen molar-refractivity contribution in [1.82, 2.24) is 19.8 Å². The molecule has 3 aromatic rings. The van der Waals surface area contributed by atoms with Crippen LogP contribution in [0.1, 0.15) is 38.3 Å². The molecule has 6 nitrogen and oxygen atoms in total. The number of rotatable bonds is 7. The molecule has 1 aliphatic rings. The Bertz CT molecular complexity index is 1120. The summed E-state index contributed by atoms with van der Waals surface area (Å²) < 4.78 is 34.4. The third-order valence-electron chi connectivity index (χ3n) is 6.29. The van der Waals surface area contributed by atoms with Crippen molar-refractivity contribution < 1.29 is 18.3 Å². The van der Waals surface area contributed by atoms with Crippen molar-refractivity contribution in [2.45, 2.75) is 45.3 Å². The van der Waals surface area contributed by atoms with Crippen molar-refractivity contribution in [3.8, 4) is 5.75 Å². The fourth-order valence-electron chi connectivity index (χ4n) is 4.55. The maximum Gasteiger partial charge on any atom is 0.243 e. The SMILES string of the molecule is COc1cccc(CN2CCC(NC(=O)C(C(C)C)n3cnc4cc(F)c(F)cc43)CC2)c1. The number of fused-ring (bicyclic) bond motifs is 1. The van der Waals surface area contributed by atoms with Crippen LogP contribution in [0, 0.1) is 17.6 Å². The number of carbonyl (C=O) groups is 1. The number of nitrogens with one attached hydrogen (secondary N) is 1. The molecule has 176 valence electrons. The molecule has 1 atom stereocenters. The average Bonchev–Trinajstić information content (AvgIpc) is 3.17. The van der Waals surface area contributed by atoms with Crippen LogP contribution >= 0.6 is 0 Å². The molecule has 8 heteroatoms. The number of aromatic nitrogens is 2. The Kier molecular flexibility index (Phi) is 6.93. The molecule has 4 rings (SSSR count). The highest BCUT2D eigenvalue weighted by Crippen LogP contribution is 2.26. The molecule has 33 heavy (non-hydrogen) atoms. The summed E-state index contributed by atoms with van der Waals surface area (Å²) in [6, 6.07) is 9.75. The van der Waals surface area contributed by atoms with Crippen LogP contribution in [-0.2, 0) is 11.3 Å². The average molecular weight is 457 g/mol. The van der Waals surface area contributed by atoms with Crippen LogP contribution in [0.25, 0.3) is 11.0 Å². The van der Waals surface area contributed by atoms with Gasteiger partial charge in [-0.05, 0) is 36.5 Å². The molecule has 2 aromatic carbocycles. The first kappa shape index (κ1) is 23.2. The minimum atomic E-state index is -0.949. The quantitative estimate of drug-likeness (QED) is 0.576. The Morgan fingerprint density at radius 1 is 1.18 bits per heavy atom. The second-order valence-corrected chi connectivity index (χ2v) is 9.01. The smallest absolute Gasteiger partial charge is 0.243 e. The van der Waals surface area contributed by atoms with Crippen molar-refractivity contribution in [2.75, 3.05) is 20.2 Å². The van der Waals surface area contributed by atoms with Gasteiger partial charge in [-0.2, -0.15) is 0 Å². The highest BCUT2D eigenvalue weighted by atomic mass is 19.2. The number of carbonyl (C=O) groups excluding carboxylic acids is 1. The zero-order valence-electron chi connectivity index (χ0n) is 19.2.